The summed E-state index contributed by atoms with van der Waals surface area (Å²) in [6.45, 7) is 4.46. The van der Waals surface area contributed by atoms with Gasteiger partial charge < -0.3 is 14.6 Å². The first-order chi connectivity index (χ1) is 16.5. The van der Waals surface area contributed by atoms with Gasteiger partial charge >= 0.3 is 0 Å². The average molecular weight is 479 g/mol. The van der Waals surface area contributed by atoms with Gasteiger partial charge in [-0.2, -0.15) is 0 Å². The molecule has 4 rings (SSSR count). The van der Waals surface area contributed by atoms with Crippen LogP contribution >= 0.6 is 11.6 Å². The number of nitrogens with zero attached hydrogens (tertiary/aromatic N) is 2. The third kappa shape index (κ3) is 4.34. The van der Waals surface area contributed by atoms with Crippen LogP contribution in [0.4, 0.5) is 5.69 Å². The largest absolute Gasteiger partial charge is 0.507 e. The zero-order chi connectivity index (χ0) is 24.2. The molecule has 1 aliphatic heterocycles. The third-order valence-electron chi connectivity index (χ3n) is 5.35. The zero-order valence-electron chi connectivity index (χ0n) is 18.7. The molecule has 7 nitrogen and oxygen atoms in total. The molecule has 1 fully saturated rings. The minimum absolute atomic E-state index is 0.0666. The molecule has 174 valence electrons. The number of hydrogen-bond donors (Lipinski definition) is 1. The Kier molecular flexibility index (Phi) is 6.84. The molecular formula is C26H23ClN2O5. The van der Waals surface area contributed by atoms with E-state index in [0.717, 1.165) is 0 Å². The van der Waals surface area contributed by atoms with Crippen LogP contribution < -0.4 is 14.4 Å². The van der Waals surface area contributed by atoms with Gasteiger partial charge in [0.1, 0.15) is 17.3 Å². The van der Waals surface area contributed by atoms with Crippen molar-refractivity contribution in [3.8, 4) is 11.5 Å². The van der Waals surface area contributed by atoms with Gasteiger partial charge in [-0.05, 0) is 55.8 Å². The summed E-state index contributed by atoms with van der Waals surface area (Å²) < 4.78 is 11.3. The number of benzene rings is 2. The second-order valence-corrected chi connectivity index (χ2v) is 7.90. The van der Waals surface area contributed by atoms with Crippen molar-refractivity contribution < 1.29 is 24.2 Å². The van der Waals surface area contributed by atoms with Crippen LogP contribution in [0.25, 0.3) is 5.76 Å². The molecule has 3 aromatic rings. The molecule has 34 heavy (non-hydrogen) atoms. The lowest BCUT2D eigenvalue weighted by Gasteiger charge is -2.25. The Morgan fingerprint density at radius 3 is 2.53 bits per heavy atom. The third-order valence-corrected chi connectivity index (χ3v) is 5.59. The van der Waals surface area contributed by atoms with Crippen LogP contribution in [0.15, 0.2) is 72.6 Å². The highest BCUT2D eigenvalue weighted by Crippen LogP contribution is 2.43. The van der Waals surface area contributed by atoms with Gasteiger partial charge in [0.05, 0.1) is 30.4 Å². The van der Waals surface area contributed by atoms with Crippen molar-refractivity contribution >= 4 is 34.7 Å². The number of ether oxygens (including phenoxy) is 2. The summed E-state index contributed by atoms with van der Waals surface area (Å²) in [5.74, 6) is -1.04. The smallest absolute Gasteiger partial charge is 0.300 e. The van der Waals surface area contributed by atoms with Crippen LogP contribution in [0.2, 0.25) is 5.02 Å². The van der Waals surface area contributed by atoms with Gasteiger partial charge in [-0.25, -0.2) is 0 Å². The number of aliphatic hydroxyl groups is 1. The maximum absolute atomic E-state index is 13.3. The van der Waals surface area contributed by atoms with E-state index in [2.05, 4.69) is 4.98 Å². The molecule has 8 heteroatoms. The number of pyridine rings is 1. The van der Waals surface area contributed by atoms with Gasteiger partial charge in [0.2, 0.25) is 0 Å². The van der Waals surface area contributed by atoms with Crippen molar-refractivity contribution in [1.82, 2.24) is 4.98 Å². The Bertz CT molecular complexity index is 1260. The molecule has 0 spiro atoms. The van der Waals surface area contributed by atoms with Crippen LogP contribution in [0.5, 0.6) is 11.5 Å². The lowest BCUT2D eigenvalue weighted by atomic mass is 9.95. The molecule has 1 atom stereocenters. The fourth-order valence-corrected chi connectivity index (χ4v) is 4.14. The maximum Gasteiger partial charge on any atom is 0.300 e. The van der Waals surface area contributed by atoms with Crippen molar-refractivity contribution in [2.24, 2.45) is 0 Å². The Hall–Kier alpha value is -3.84. The summed E-state index contributed by atoms with van der Waals surface area (Å²) in [5.41, 5.74) is 1.21. The number of Topliss-reactive ketones (excluding diaryl/α,β-unsaturated/α-hetero) is 1. The summed E-state index contributed by atoms with van der Waals surface area (Å²) in [4.78, 5) is 32.0. The highest BCUT2D eigenvalue weighted by molar-refractivity contribution is 6.51. The topological polar surface area (TPSA) is 89.0 Å². The molecule has 1 unspecified atom stereocenters. The lowest BCUT2D eigenvalue weighted by molar-refractivity contribution is -0.132. The number of ketones is 1. The molecule has 1 amide bonds. The second kappa shape index (κ2) is 9.97. The molecule has 1 aliphatic rings. The van der Waals surface area contributed by atoms with Crippen molar-refractivity contribution in [3.05, 3.63) is 88.7 Å². The first kappa shape index (κ1) is 23.3. The van der Waals surface area contributed by atoms with E-state index in [0.29, 0.717) is 41.0 Å². The molecule has 1 saturated heterocycles. The summed E-state index contributed by atoms with van der Waals surface area (Å²) in [5, 5.41) is 11.8. The molecule has 0 bridgehead atoms. The van der Waals surface area contributed by atoms with Gasteiger partial charge in [0, 0.05) is 29.2 Å². The van der Waals surface area contributed by atoms with Crippen LogP contribution in [0.3, 0.4) is 0 Å². The molecule has 1 N–H and O–H groups in total. The molecular weight excluding hydrogens is 456 g/mol. The number of carbonyl (C=O) groups excluding carboxylic acids is 2. The quantitative estimate of drug-likeness (QED) is 0.286. The molecule has 1 aromatic heterocycles. The standard InChI is InChI=1S/C26H23ClN2O5/c1-3-33-19-10-11-20(21(14-19)34-4-2)24(30)22-23(16-7-6-12-28-15-16)29(26(32)25(22)31)18-9-5-8-17(27)13-18/h5-15,23,30H,3-4H2,1-2H3/b24-22-. The molecule has 0 aliphatic carbocycles. The number of aromatic nitrogens is 1. The first-order valence-electron chi connectivity index (χ1n) is 10.8. The Labute approximate surface area is 202 Å². The Morgan fingerprint density at radius 2 is 1.85 bits per heavy atom. The van der Waals surface area contributed by atoms with E-state index in [4.69, 9.17) is 21.1 Å². The highest BCUT2D eigenvalue weighted by atomic mass is 35.5. The van der Waals surface area contributed by atoms with Gasteiger partial charge in [-0.3, -0.25) is 19.5 Å². The van der Waals surface area contributed by atoms with Gasteiger partial charge in [0.15, 0.2) is 0 Å². The summed E-state index contributed by atoms with van der Waals surface area (Å²) in [6, 6.07) is 14.1. The Morgan fingerprint density at radius 1 is 1.06 bits per heavy atom. The van der Waals surface area contributed by atoms with Gasteiger partial charge in [-0.1, -0.05) is 23.7 Å². The van der Waals surface area contributed by atoms with E-state index in [1.807, 2.05) is 13.8 Å². The number of aliphatic hydroxyl groups excluding tert-OH is 1. The van der Waals surface area contributed by atoms with Crippen LogP contribution in [-0.2, 0) is 9.59 Å². The van der Waals surface area contributed by atoms with Gasteiger partial charge in [-0.15, -0.1) is 0 Å². The second-order valence-electron chi connectivity index (χ2n) is 7.46. The van der Waals surface area contributed by atoms with Crippen molar-refractivity contribution in [2.75, 3.05) is 18.1 Å². The number of rotatable bonds is 7. The SMILES string of the molecule is CCOc1ccc(/C(O)=C2/C(=O)C(=O)N(c3cccc(Cl)c3)C2c2cccnc2)c(OCC)c1. The summed E-state index contributed by atoms with van der Waals surface area (Å²) in [7, 11) is 0. The maximum atomic E-state index is 13.3. The van der Waals surface area contributed by atoms with E-state index in [-0.39, 0.29) is 16.9 Å². The normalized spacial score (nSPS) is 17.1. The fourth-order valence-electron chi connectivity index (χ4n) is 3.95. The van der Waals surface area contributed by atoms with E-state index < -0.39 is 17.7 Å². The van der Waals surface area contributed by atoms with Crippen LogP contribution in [0.1, 0.15) is 31.0 Å². The van der Waals surface area contributed by atoms with Crippen molar-refractivity contribution in [2.45, 2.75) is 19.9 Å². The predicted octanol–water partition coefficient (Wildman–Crippen LogP) is 5.16. The molecule has 2 aromatic carbocycles. The first-order valence-corrected chi connectivity index (χ1v) is 11.2. The molecule has 2 heterocycles. The number of amides is 1. The van der Waals surface area contributed by atoms with E-state index in [1.54, 1.807) is 67.0 Å². The van der Waals surface area contributed by atoms with Crippen LogP contribution in [0, 0.1) is 0 Å². The van der Waals surface area contributed by atoms with Crippen molar-refractivity contribution in [3.63, 3.8) is 0 Å². The van der Waals surface area contributed by atoms with Crippen LogP contribution in [-0.4, -0.2) is 35.0 Å². The Balaban J connectivity index is 1.93. The summed E-state index contributed by atoms with van der Waals surface area (Å²) in [6.07, 6.45) is 3.15. The van der Waals surface area contributed by atoms with Crippen molar-refractivity contribution in [1.29, 1.82) is 0 Å². The number of halogens is 1. The number of anilines is 1. The van der Waals surface area contributed by atoms with E-state index in [9.17, 15) is 14.7 Å². The van der Waals surface area contributed by atoms with Gasteiger partial charge in [0.25, 0.3) is 11.7 Å². The fraction of sp³-hybridized carbons (Fsp3) is 0.192. The monoisotopic (exact) mass is 478 g/mol. The molecule has 0 saturated carbocycles. The zero-order valence-corrected chi connectivity index (χ0v) is 19.5. The lowest BCUT2D eigenvalue weighted by Crippen LogP contribution is -2.29. The van der Waals surface area contributed by atoms with E-state index in [1.165, 1.54) is 4.90 Å². The van der Waals surface area contributed by atoms with E-state index >= 15 is 0 Å². The highest BCUT2D eigenvalue weighted by Gasteiger charge is 2.47. The average Bonchev–Trinajstić information content (AvgIpc) is 3.10. The predicted molar refractivity (Wildman–Crippen MR) is 129 cm³/mol. The summed E-state index contributed by atoms with van der Waals surface area (Å²) >= 11 is 6.17. The molecule has 0 radical (unpaired) electrons. The minimum atomic E-state index is -0.909. The minimum Gasteiger partial charge on any atom is -0.507 e. The number of carbonyl (C=O) groups is 2. The number of hydrogen-bond acceptors (Lipinski definition) is 6.